The van der Waals surface area contributed by atoms with Gasteiger partial charge in [0.15, 0.2) is 0 Å². The molecule has 3 nitrogen and oxygen atoms in total. The summed E-state index contributed by atoms with van der Waals surface area (Å²) in [7, 11) is 0. The summed E-state index contributed by atoms with van der Waals surface area (Å²) in [5, 5.41) is 7.25. The first-order valence-electron chi connectivity index (χ1n) is 6.98. The van der Waals surface area contributed by atoms with E-state index in [0.29, 0.717) is 24.9 Å². The molecule has 1 aliphatic rings. The highest BCUT2D eigenvalue weighted by atomic mass is 19.1. The normalized spacial score (nSPS) is 16.8. The van der Waals surface area contributed by atoms with Crippen LogP contribution < -0.4 is 10.6 Å². The van der Waals surface area contributed by atoms with Crippen LogP contribution in [0.15, 0.2) is 12.1 Å². The van der Waals surface area contributed by atoms with Crippen molar-refractivity contribution in [1.29, 1.82) is 5.41 Å². The molecular weight excluding hydrogens is 260 g/mol. The summed E-state index contributed by atoms with van der Waals surface area (Å²) in [5.74, 6) is -0.384. The second-order valence-electron chi connectivity index (χ2n) is 5.77. The highest BCUT2D eigenvalue weighted by Crippen LogP contribution is 2.31. The van der Waals surface area contributed by atoms with Gasteiger partial charge >= 0.3 is 0 Å². The van der Waals surface area contributed by atoms with E-state index in [1.807, 2.05) is 0 Å². The Labute approximate surface area is 118 Å². The summed E-state index contributed by atoms with van der Waals surface area (Å²) in [6, 6.07) is 2.27. The second kappa shape index (κ2) is 5.77. The topological polar surface area (TPSA) is 53.1 Å². The van der Waals surface area contributed by atoms with Crippen LogP contribution in [0.2, 0.25) is 0 Å². The molecule has 0 radical (unpaired) electrons. The Morgan fingerprint density at radius 2 is 1.75 bits per heavy atom. The Morgan fingerprint density at radius 3 is 2.15 bits per heavy atom. The maximum absolute atomic E-state index is 14.1. The molecule has 1 aromatic rings. The lowest BCUT2D eigenvalue weighted by atomic mass is 9.86. The minimum absolute atomic E-state index is 0.0113. The predicted octanol–water partition coefficient (Wildman–Crippen LogP) is 3.12. The van der Waals surface area contributed by atoms with E-state index in [-0.39, 0.29) is 17.1 Å². The molecule has 1 heterocycles. The van der Waals surface area contributed by atoms with Crippen molar-refractivity contribution < 1.29 is 8.78 Å². The summed E-state index contributed by atoms with van der Waals surface area (Å²) in [5.41, 5.74) is 5.36. The van der Waals surface area contributed by atoms with Gasteiger partial charge in [-0.1, -0.05) is 13.8 Å². The monoisotopic (exact) mass is 281 g/mol. The third-order valence-electron chi connectivity index (χ3n) is 4.13. The van der Waals surface area contributed by atoms with Gasteiger partial charge in [0, 0.05) is 18.7 Å². The van der Waals surface area contributed by atoms with Gasteiger partial charge in [-0.15, -0.1) is 0 Å². The van der Waals surface area contributed by atoms with Crippen LogP contribution in [-0.4, -0.2) is 18.9 Å². The van der Waals surface area contributed by atoms with Gasteiger partial charge in [-0.05, 0) is 36.8 Å². The number of hydrogen-bond donors (Lipinski definition) is 2. The molecule has 0 aliphatic carbocycles. The predicted molar refractivity (Wildman–Crippen MR) is 77.1 cm³/mol. The molecule has 1 saturated heterocycles. The Morgan fingerprint density at radius 1 is 1.25 bits per heavy atom. The molecule has 0 unspecified atom stereocenters. The largest absolute Gasteiger partial charge is 0.384 e. The Bertz CT molecular complexity index is 483. The molecule has 0 saturated carbocycles. The van der Waals surface area contributed by atoms with Crippen molar-refractivity contribution in [3.05, 3.63) is 29.3 Å². The number of nitrogen functional groups attached to an aromatic ring is 1. The number of anilines is 1. The van der Waals surface area contributed by atoms with Crippen molar-refractivity contribution in [1.82, 2.24) is 0 Å². The van der Waals surface area contributed by atoms with Crippen molar-refractivity contribution >= 4 is 11.5 Å². The zero-order valence-electron chi connectivity index (χ0n) is 11.9. The van der Waals surface area contributed by atoms with Crippen LogP contribution in [0.3, 0.4) is 0 Å². The molecule has 0 atom stereocenters. The van der Waals surface area contributed by atoms with Gasteiger partial charge in [0.1, 0.15) is 23.2 Å². The van der Waals surface area contributed by atoms with Crippen molar-refractivity contribution in [2.45, 2.75) is 26.7 Å². The van der Waals surface area contributed by atoms with E-state index in [4.69, 9.17) is 11.1 Å². The van der Waals surface area contributed by atoms with Crippen LogP contribution >= 0.6 is 0 Å². The minimum atomic E-state index is -0.641. The Kier molecular flexibility index (Phi) is 4.26. The average Bonchev–Trinajstić information content (AvgIpc) is 2.38. The number of benzene rings is 1. The number of piperidine rings is 1. The Hall–Kier alpha value is -1.65. The average molecular weight is 281 g/mol. The zero-order chi connectivity index (χ0) is 14.9. The molecule has 1 fully saturated rings. The zero-order valence-corrected chi connectivity index (χ0v) is 11.9. The first-order valence-corrected chi connectivity index (χ1v) is 6.98. The van der Waals surface area contributed by atoms with Gasteiger partial charge < -0.3 is 10.6 Å². The number of amidine groups is 1. The van der Waals surface area contributed by atoms with Crippen LogP contribution in [0.5, 0.6) is 0 Å². The Balaban J connectivity index is 2.20. The van der Waals surface area contributed by atoms with Gasteiger partial charge in [0.05, 0.1) is 0 Å². The fraction of sp³-hybridized carbons (Fsp3) is 0.533. The highest BCUT2D eigenvalue weighted by molar-refractivity contribution is 5.95. The quantitative estimate of drug-likeness (QED) is 0.660. The molecule has 1 aromatic carbocycles. The fourth-order valence-electron chi connectivity index (χ4n) is 2.81. The van der Waals surface area contributed by atoms with Crippen molar-refractivity contribution in [3.8, 4) is 0 Å². The maximum atomic E-state index is 14.1. The third-order valence-corrected chi connectivity index (χ3v) is 4.13. The highest BCUT2D eigenvalue weighted by Gasteiger charge is 2.25. The van der Waals surface area contributed by atoms with E-state index in [9.17, 15) is 8.78 Å². The number of nitrogens with two attached hydrogens (primary N) is 1. The van der Waals surface area contributed by atoms with E-state index >= 15 is 0 Å². The first kappa shape index (κ1) is 14.8. The van der Waals surface area contributed by atoms with E-state index in [2.05, 4.69) is 13.8 Å². The summed E-state index contributed by atoms with van der Waals surface area (Å²) in [4.78, 5) is 1.76. The standard InChI is InChI=1S/C15H21F2N3/c1-9(2)10-3-5-20(6-4-10)14-12(16)7-11(15(18)19)8-13(14)17/h7-10H,3-6H2,1-2H3,(H3,18,19). The number of hydrogen-bond acceptors (Lipinski definition) is 2. The minimum Gasteiger partial charge on any atom is -0.384 e. The summed E-state index contributed by atoms with van der Waals surface area (Å²) >= 11 is 0. The fourth-order valence-corrected chi connectivity index (χ4v) is 2.81. The summed E-state index contributed by atoms with van der Waals surface area (Å²) in [6.45, 7) is 5.69. The number of nitrogens with one attached hydrogen (secondary N) is 1. The molecular formula is C15H21F2N3. The molecule has 3 N–H and O–H groups in total. The van der Waals surface area contributed by atoms with Crippen LogP contribution in [0.4, 0.5) is 14.5 Å². The van der Waals surface area contributed by atoms with Crippen LogP contribution in [0.25, 0.3) is 0 Å². The lowest BCUT2D eigenvalue weighted by Crippen LogP contribution is -2.36. The van der Waals surface area contributed by atoms with Crippen LogP contribution in [0, 0.1) is 28.9 Å². The van der Waals surface area contributed by atoms with E-state index in [1.54, 1.807) is 4.90 Å². The van der Waals surface area contributed by atoms with Gasteiger partial charge in [0.25, 0.3) is 0 Å². The van der Waals surface area contributed by atoms with Crippen LogP contribution in [-0.2, 0) is 0 Å². The SMILES string of the molecule is CC(C)C1CCN(c2c(F)cc(C(=N)N)cc2F)CC1. The molecule has 0 aromatic heterocycles. The number of halogens is 2. The second-order valence-corrected chi connectivity index (χ2v) is 5.77. The number of rotatable bonds is 3. The van der Waals surface area contributed by atoms with Gasteiger partial charge in [-0.25, -0.2) is 8.78 Å². The molecule has 0 bridgehead atoms. The molecule has 5 heteroatoms. The van der Waals surface area contributed by atoms with Crippen molar-refractivity contribution in [3.63, 3.8) is 0 Å². The lowest BCUT2D eigenvalue weighted by molar-refractivity contribution is 0.309. The van der Waals surface area contributed by atoms with E-state index < -0.39 is 11.6 Å². The van der Waals surface area contributed by atoms with Gasteiger partial charge in [-0.2, -0.15) is 0 Å². The number of nitrogens with zero attached hydrogens (tertiary/aromatic N) is 1. The molecule has 20 heavy (non-hydrogen) atoms. The van der Waals surface area contributed by atoms with Crippen molar-refractivity contribution in [2.75, 3.05) is 18.0 Å². The molecule has 2 rings (SSSR count). The molecule has 110 valence electrons. The summed E-state index contributed by atoms with van der Waals surface area (Å²) in [6.07, 6.45) is 1.90. The van der Waals surface area contributed by atoms with Crippen molar-refractivity contribution in [2.24, 2.45) is 17.6 Å². The summed E-state index contributed by atoms with van der Waals surface area (Å²) < 4.78 is 28.2. The molecule has 0 amide bonds. The van der Waals surface area contributed by atoms with E-state index in [0.717, 1.165) is 25.0 Å². The van der Waals surface area contributed by atoms with E-state index in [1.165, 1.54) is 0 Å². The lowest BCUT2D eigenvalue weighted by Gasteiger charge is -2.35. The molecule has 1 aliphatic heterocycles. The van der Waals surface area contributed by atoms with Crippen LogP contribution in [0.1, 0.15) is 32.3 Å². The van der Waals surface area contributed by atoms with Gasteiger partial charge in [0.2, 0.25) is 0 Å². The third kappa shape index (κ3) is 2.92. The maximum Gasteiger partial charge on any atom is 0.150 e. The molecule has 0 spiro atoms. The first-order chi connectivity index (χ1) is 9.40. The smallest absolute Gasteiger partial charge is 0.150 e. The van der Waals surface area contributed by atoms with Gasteiger partial charge in [-0.3, -0.25) is 5.41 Å².